The van der Waals surface area contributed by atoms with Crippen LogP contribution in [0.2, 0.25) is 0 Å². The third-order valence-electron chi connectivity index (χ3n) is 4.56. The van der Waals surface area contributed by atoms with Gasteiger partial charge in [-0.1, -0.05) is 37.8 Å². The molecule has 0 aromatic heterocycles. The number of amides is 1. The zero-order valence-corrected chi connectivity index (χ0v) is 18.3. The van der Waals surface area contributed by atoms with Gasteiger partial charge in [0.15, 0.2) is 0 Å². The number of carbonyl (C=O) groups excluding carboxylic acids is 1. The Labute approximate surface area is 178 Å². The Morgan fingerprint density at radius 1 is 0.867 bits per heavy atom. The van der Waals surface area contributed by atoms with E-state index in [1.807, 2.05) is 12.1 Å². The largest absolute Gasteiger partial charge is 0.491 e. The average molecular weight is 443 g/mol. The molecule has 1 aromatic carbocycles. The lowest BCUT2D eigenvalue weighted by Gasteiger charge is -2.12. The molecule has 0 atom stereocenters. The Balaban J connectivity index is 2.19. The zero-order valence-electron chi connectivity index (χ0n) is 17.4. The normalized spacial score (nSPS) is 11.3. The first-order valence-electron chi connectivity index (χ1n) is 10.6. The van der Waals surface area contributed by atoms with Crippen LogP contribution in [0.15, 0.2) is 24.3 Å². The highest BCUT2D eigenvalue weighted by Gasteiger charge is 2.11. The highest BCUT2D eigenvalue weighted by Crippen LogP contribution is 2.35. The van der Waals surface area contributed by atoms with E-state index >= 15 is 0 Å². The van der Waals surface area contributed by atoms with Crippen LogP contribution >= 0.6 is 7.60 Å². The molecule has 0 fully saturated rings. The van der Waals surface area contributed by atoms with Gasteiger partial charge in [-0.25, -0.2) is 0 Å². The van der Waals surface area contributed by atoms with Gasteiger partial charge < -0.3 is 24.9 Å². The molecule has 0 bridgehead atoms. The van der Waals surface area contributed by atoms with Crippen molar-refractivity contribution in [2.75, 3.05) is 18.1 Å². The number of carboxylic acid groups (broad SMARTS) is 1. The third kappa shape index (κ3) is 14.1. The fourth-order valence-electron chi connectivity index (χ4n) is 2.96. The molecule has 0 aliphatic carbocycles. The SMILES string of the molecule is O=C(O)CCCCCOc1ccccc1NC(=O)CCCCCCCCP(=O)(O)O. The molecule has 1 aromatic rings. The maximum Gasteiger partial charge on any atom is 0.325 e. The van der Waals surface area contributed by atoms with Crippen molar-refractivity contribution >= 4 is 25.2 Å². The van der Waals surface area contributed by atoms with Crippen LogP contribution in [0.4, 0.5) is 5.69 Å². The third-order valence-corrected chi connectivity index (χ3v) is 5.46. The fourth-order valence-corrected chi connectivity index (χ4v) is 3.59. The molecule has 170 valence electrons. The summed E-state index contributed by atoms with van der Waals surface area (Å²) >= 11 is 0. The van der Waals surface area contributed by atoms with Gasteiger partial charge in [0.1, 0.15) is 5.75 Å². The first kappa shape index (κ1) is 26.1. The molecule has 0 unspecified atom stereocenters. The van der Waals surface area contributed by atoms with E-state index in [9.17, 15) is 14.2 Å². The predicted octanol–water partition coefficient (Wildman–Crippen LogP) is 4.56. The molecule has 0 saturated heterocycles. The molecule has 0 saturated carbocycles. The molecule has 8 nitrogen and oxygen atoms in total. The summed E-state index contributed by atoms with van der Waals surface area (Å²) in [6.45, 7) is 0.467. The Kier molecular flexibility index (Phi) is 13.1. The summed E-state index contributed by atoms with van der Waals surface area (Å²) in [5.41, 5.74) is 0.630. The van der Waals surface area contributed by atoms with Crippen molar-refractivity contribution in [3.05, 3.63) is 24.3 Å². The first-order chi connectivity index (χ1) is 14.3. The van der Waals surface area contributed by atoms with Gasteiger partial charge in [-0.15, -0.1) is 0 Å². The number of anilines is 1. The van der Waals surface area contributed by atoms with Crippen molar-refractivity contribution in [2.45, 2.75) is 70.6 Å². The van der Waals surface area contributed by atoms with E-state index < -0.39 is 13.6 Å². The second-order valence-corrected chi connectivity index (χ2v) is 9.13. The number of rotatable bonds is 17. The second-order valence-electron chi connectivity index (χ2n) is 7.36. The van der Waals surface area contributed by atoms with Crippen molar-refractivity contribution in [1.29, 1.82) is 0 Å². The van der Waals surface area contributed by atoms with Crippen molar-refractivity contribution in [3.63, 3.8) is 0 Å². The van der Waals surface area contributed by atoms with Gasteiger partial charge in [0.2, 0.25) is 5.91 Å². The topological polar surface area (TPSA) is 133 Å². The molecule has 0 radical (unpaired) electrons. The molecule has 0 aliphatic heterocycles. The molecule has 9 heteroatoms. The summed E-state index contributed by atoms with van der Waals surface area (Å²) in [5.74, 6) is -0.257. The van der Waals surface area contributed by atoms with Gasteiger partial charge >= 0.3 is 13.6 Å². The number of hydrogen-bond acceptors (Lipinski definition) is 4. The molecule has 1 amide bonds. The van der Waals surface area contributed by atoms with Crippen molar-refractivity contribution < 1.29 is 33.8 Å². The van der Waals surface area contributed by atoms with E-state index in [2.05, 4.69) is 5.32 Å². The van der Waals surface area contributed by atoms with Crippen LogP contribution in [0.3, 0.4) is 0 Å². The Morgan fingerprint density at radius 2 is 1.47 bits per heavy atom. The van der Waals surface area contributed by atoms with Gasteiger partial charge in [-0.3, -0.25) is 14.2 Å². The van der Waals surface area contributed by atoms with Crippen molar-refractivity contribution in [3.8, 4) is 5.75 Å². The van der Waals surface area contributed by atoms with Crippen molar-refractivity contribution in [2.24, 2.45) is 0 Å². The number of hydrogen-bond donors (Lipinski definition) is 4. The molecule has 4 N–H and O–H groups in total. The van der Waals surface area contributed by atoms with Crippen LogP contribution in [0.25, 0.3) is 0 Å². The number of aliphatic carboxylic acids is 1. The molecule has 30 heavy (non-hydrogen) atoms. The second kappa shape index (κ2) is 15.0. The summed E-state index contributed by atoms with van der Waals surface area (Å²) in [4.78, 5) is 40.3. The quantitative estimate of drug-likeness (QED) is 0.205. The molecule has 0 spiro atoms. The maximum absolute atomic E-state index is 12.2. The van der Waals surface area contributed by atoms with Gasteiger partial charge in [0.05, 0.1) is 12.3 Å². The summed E-state index contributed by atoms with van der Waals surface area (Å²) in [5, 5.41) is 11.5. The van der Waals surface area contributed by atoms with E-state index in [1.165, 1.54) is 0 Å². The number of carboxylic acids is 1. The Hall–Kier alpha value is -1.89. The number of benzene rings is 1. The van der Waals surface area contributed by atoms with Crippen LogP contribution in [0.5, 0.6) is 5.75 Å². The number of ether oxygens (including phenoxy) is 1. The average Bonchev–Trinajstić information content (AvgIpc) is 2.66. The standard InChI is InChI=1S/C21H34NO7P/c23-20(14-6-3-1-2-4-11-17-30(26,27)28)22-18-12-8-9-13-19(18)29-16-10-5-7-15-21(24)25/h8-9,12-13H,1-7,10-11,14-17H2,(H,22,23)(H,24,25)(H2,26,27,28). The summed E-state index contributed by atoms with van der Waals surface area (Å²) < 4.78 is 16.5. The zero-order chi connectivity index (χ0) is 22.2. The Bertz CT molecular complexity index is 690. The van der Waals surface area contributed by atoms with E-state index in [1.54, 1.807) is 12.1 Å². The molecule has 1 rings (SSSR count). The van der Waals surface area contributed by atoms with Crippen LogP contribution in [-0.2, 0) is 14.2 Å². The summed E-state index contributed by atoms with van der Waals surface area (Å²) in [7, 11) is -3.88. The van der Waals surface area contributed by atoms with Crippen LogP contribution < -0.4 is 10.1 Å². The molecule has 0 heterocycles. The van der Waals surface area contributed by atoms with Crippen molar-refractivity contribution in [1.82, 2.24) is 0 Å². The van der Waals surface area contributed by atoms with Crippen LogP contribution in [0.1, 0.15) is 70.6 Å². The lowest BCUT2D eigenvalue weighted by atomic mass is 10.1. The molecule has 0 aliphatic rings. The minimum Gasteiger partial charge on any atom is -0.491 e. The molecular weight excluding hydrogens is 409 g/mol. The predicted molar refractivity (Wildman–Crippen MR) is 116 cm³/mol. The maximum atomic E-state index is 12.2. The first-order valence-corrected chi connectivity index (χ1v) is 12.4. The van der Waals surface area contributed by atoms with Crippen LogP contribution in [-0.4, -0.2) is 39.5 Å². The van der Waals surface area contributed by atoms with Crippen LogP contribution in [0, 0.1) is 0 Å². The summed E-state index contributed by atoms with van der Waals surface area (Å²) in [6.07, 6.45) is 7.50. The van der Waals surface area contributed by atoms with E-state index in [-0.39, 0.29) is 18.5 Å². The minimum atomic E-state index is -3.88. The Morgan fingerprint density at radius 3 is 2.17 bits per heavy atom. The highest BCUT2D eigenvalue weighted by molar-refractivity contribution is 7.51. The fraction of sp³-hybridized carbons (Fsp3) is 0.619. The lowest BCUT2D eigenvalue weighted by molar-refractivity contribution is -0.137. The smallest absolute Gasteiger partial charge is 0.325 e. The number of carbonyl (C=O) groups is 2. The van der Waals surface area contributed by atoms with E-state index in [0.29, 0.717) is 37.3 Å². The minimum absolute atomic E-state index is 0.0563. The van der Waals surface area contributed by atoms with Gasteiger partial charge in [-0.05, 0) is 44.2 Å². The van der Waals surface area contributed by atoms with E-state index in [0.717, 1.165) is 44.9 Å². The highest BCUT2D eigenvalue weighted by atomic mass is 31.2. The summed E-state index contributed by atoms with van der Waals surface area (Å²) in [6, 6.07) is 7.25. The molecular formula is C21H34NO7P. The lowest BCUT2D eigenvalue weighted by Crippen LogP contribution is -2.12. The van der Waals surface area contributed by atoms with Gasteiger partial charge in [0.25, 0.3) is 0 Å². The van der Waals surface area contributed by atoms with E-state index in [4.69, 9.17) is 19.6 Å². The number of unbranched alkanes of at least 4 members (excludes halogenated alkanes) is 7. The van der Waals surface area contributed by atoms with Gasteiger partial charge in [-0.2, -0.15) is 0 Å². The number of nitrogens with one attached hydrogen (secondary N) is 1. The monoisotopic (exact) mass is 443 g/mol. The number of para-hydroxylation sites is 2. The van der Waals surface area contributed by atoms with Gasteiger partial charge in [0, 0.05) is 19.0 Å².